The van der Waals surface area contributed by atoms with Crippen LogP contribution in [0.2, 0.25) is 0 Å². The van der Waals surface area contributed by atoms with Gasteiger partial charge >= 0.3 is 0 Å². The van der Waals surface area contributed by atoms with Gasteiger partial charge in [0.05, 0.1) is 30.8 Å². The Morgan fingerprint density at radius 3 is 2.83 bits per heavy atom. The molecule has 4 rings (SSSR count). The first-order valence-corrected chi connectivity index (χ1v) is 8.98. The zero-order valence-corrected chi connectivity index (χ0v) is 16.0. The van der Waals surface area contributed by atoms with Gasteiger partial charge in [0.25, 0.3) is 11.5 Å². The number of carbonyl (C=O) groups excluding carboxylic acids is 1. The van der Waals surface area contributed by atoms with Gasteiger partial charge in [-0.1, -0.05) is 0 Å². The average Bonchev–Trinajstić information content (AvgIpc) is 3.35. The Morgan fingerprint density at radius 1 is 1.21 bits per heavy atom. The van der Waals surface area contributed by atoms with Crippen LogP contribution < -0.4 is 15.6 Å². The smallest absolute Gasteiger partial charge is 0.266 e. The number of fused-ring (bicyclic) bond motifs is 1. The van der Waals surface area contributed by atoms with E-state index in [1.165, 1.54) is 10.7 Å². The Hall–Kier alpha value is -3.88. The molecule has 29 heavy (non-hydrogen) atoms. The maximum absolute atomic E-state index is 12.5. The number of benzene rings is 1. The minimum atomic E-state index is -0.258. The lowest BCUT2D eigenvalue weighted by Crippen LogP contribution is -2.31. The molecule has 0 atom stereocenters. The second-order valence-electron chi connectivity index (χ2n) is 6.38. The number of carbonyl (C=O) groups is 1. The number of furan rings is 1. The zero-order valence-electron chi connectivity index (χ0n) is 16.0. The number of aromatic nitrogens is 4. The molecule has 1 aromatic carbocycles. The van der Waals surface area contributed by atoms with E-state index in [0.717, 1.165) is 5.39 Å². The third kappa shape index (κ3) is 3.62. The van der Waals surface area contributed by atoms with Gasteiger partial charge in [0.15, 0.2) is 5.76 Å². The van der Waals surface area contributed by atoms with Crippen molar-refractivity contribution < 1.29 is 13.9 Å². The number of aryl methyl sites for hydroxylation is 1. The molecule has 1 N–H and O–H groups in total. The van der Waals surface area contributed by atoms with Crippen LogP contribution in [0.15, 0.2) is 57.9 Å². The number of rotatable bonds is 6. The average molecular weight is 393 g/mol. The van der Waals surface area contributed by atoms with Crippen molar-refractivity contribution in [3.05, 3.63) is 64.6 Å². The highest BCUT2D eigenvalue weighted by Gasteiger charge is 2.13. The monoisotopic (exact) mass is 393 g/mol. The third-order valence-corrected chi connectivity index (χ3v) is 4.48. The molecule has 0 spiro atoms. The van der Waals surface area contributed by atoms with Crippen molar-refractivity contribution in [2.45, 2.75) is 6.54 Å². The lowest BCUT2D eigenvalue weighted by Gasteiger charge is -2.08. The van der Waals surface area contributed by atoms with Gasteiger partial charge in [0, 0.05) is 25.2 Å². The normalized spacial score (nSPS) is 11.0. The molecule has 0 aliphatic heterocycles. The van der Waals surface area contributed by atoms with Gasteiger partial charge in [0.1, 0.15) is 5.69 Å². The van der Waals surface area contributed by atoms with E-state index in [0.29, 0.717) is 28.4 Å². The summed E-state index contributed by atoms with van der Waals surface area (Å²) in [6.45, 7) is 0.482. The van der Waals surface area contributed by atoms with Gasteiger partial charge in [-0.2, -0.15) is 10.2 Å². The molecule has 4 aromatic rings. The predicted octanol–water partition coefficient (Wildman–Crippen LogP) is 1.83. The van der Waals surface area contributed by atoms with Gasteiger partial charge in [-0.25, -0.2) is 9.36 Å². The predicted molar refractivity (Wildman–Crippen MR) is 106 cm³/mol. The summed E-state index contributed by atoms with van der Waals surface area (Å²) < 4.78 is 13.5. The molecule has 0 saturated heterocycles. The molecule has 0 bridgehead atoms. The largest absolute Gasteiger partial charge is 0.481 e. The lowest BCUT2D eigenvalue weighted by molar-refractivity contribution is 0.0952. The van der Waals surface area contributed by atoms with Crippen molar-refractivity contribution in [3.63, 3.8) is 0 Å². The van der Waals surface area contributed by atoms with Crippen LogP contribution in [-0.2, 0) is 13.6 Å². The van der Waals surface area contributed by atoms with Crippen molar-refractivity contribution in [1.29, 1.82) is 0 Å². The molecular formula is C20H19N5O4. The highest BCUT2D eigenvalue weighted by atomic mass is 16.5. The molecule has 9 heteroatoms. The number of methoxy groups -OCH3 is 1. The molecule has 148 valence electrons. The van der Waals surface area contributed by atoms with Crippen molar-refractivity contribution in [3.8, 4) is 17.3 Å². The topological polar surface area (TPSA) is 104 Å². The van der Waals surface area contributed by atoms with Crippen molar-refractivity contribution in [2.75, 3.05) is 13.7 Å². The summed E-state index contributed by atoms with van der Waals surface area (Å²) in [6.07, 6.45) is 1.54. The Morgan fingerprint density at radius 2 is 2.07 bits per heavy atom. The maximum atomic E-state index is 12.5. The van der Waals surface area contributed by atoms with Crippen LogP contribution in [0.25, 0.3) is 22.4 Å². The molecule has 0 fully saturated rings. The van der Waals surface area contributed by atoms with Crippen LogP contribution in [0, 0.1) is 0 Å². The maximum Gasteiger partial charge on any atom is 0.266 e. The molecule has 1 amide bonds. The van der Waals surface area contributed by atoms with Crippen LogP contribution >= 0.6 is 0 Å². The highest BCUT2D eigenvalue weighted by molar-refractivity contribution is 5.98. The number of nitrogens with zero attached hydrogens (tertiary/aromatic N) is 4. The second-order valence-corrected chi connectivity index (χ2v) is 6.38. The molecule has 3 aromatic heterocycles. The van der Waals surface area contributed by atoms with Crippen molar-refractivity contribution in [2.24, 2.45) is 7.05 Å². The van der Waals surface area contributed by atoms with Crippen LogP contribution in [0.5, 0.6) is 5.88 Å². The van der Waals surface area contributed by atoms with E-state index in [2.05, 4.69) is 15.5 Å². The summed E-state index contributed by atoms with van der Waals surface area (Å²) in [6, 6.07) is 11.8. The van der Waals surface area contributed by atoms with E-state index in [9.17, 15) is 9.59 Å². The fourth-order valence-electron chi connectivity index (χ4n) is 3.10. The molecule has 0 saturated carbocycles. The Balaban J connectivity index is 1.45. The number of ether oxygens (including phenoxy) is 1. The second kappa shape index (κ2) is 7.63. The van der Waals surface area contributed by atoms with Gasteiger partial charge < -0.3 is 14.5 Å². The summed E-state index contributed by atoms with van der Waals surface area (Å²) in [5, 5.41) is 12.3. The van der Waals surface area contributed by atoms with Crippen LogP contribution in [-0.4, -0.2) is 39.1 Å². The SMILES string of the molecule is COc1c2ccc(C(=O)NCCn3nc(-c4ccco4)ccc3=O)cc2nn1C. The Bertz CT molecular complexity index is 1220. The Labute approximate surface area is 165 Å². The first kappa shape index (κ1) is 18.5. The minimum Gasteiger partial charge on any atom is -0.481 e. The lowest BCUT2D eigenvalue weighted by atomic mass is 10.1. The summed E-state index contributed by atoms with van der Waals surface area (Å²) >= 11 is 0. The van der Waals surface area contributed by atoms with Crippen molar-refractivity contribution >= 4 is 16.8 Å². The zero-order chi connectivity index (χ0) is 20.4. The van der Waals surface area contributed by atoms with Gasteiger partial charge in [-0.3, -0.25) is 9.59 Å². The van der Waals surface area contributed by atoms with Gasteiger partial charge in [-0.15, -0.1) is 0 Å². The first-order chi connectivity index (χ1) is 14.1. The van der Waals surface area contributed by atoms with E-state index >= 15 is 0 Å². The van der Waals surface area contributed by atoms with E-state index in [1.54, 1.807) is 61.5 Å². The number of amides is 1. The van der Waals surface area contributed by atoms with Crippen LogP contribution in [0.3, 0.4) is 0 Å². The number of hydrogen-bond donors (Lipinski definition) is 1. The summed E-state index contributed by atoms with van der Waals surface area (Å²) in [4.78, 5) is 24.5. The third-order valence-electron chi connectivity index (χ3n) is 4.48. The van der Waals surface area contributed by atoms with Crippen LogP contribution in [0.1, 0.15) is 10.4 Å². The van der Waals surface area contributed by atoms with E-state index in [1.807, 2.05) is 0 Å². The molecule has 3 heterocycles. The fraction of sp³-hybridized carbons (Fsp3) is 0.200. The summed E-state index contributed by atoms with van der Waals surface area (Å²) in [7, 11) is 3.36. The molecule has 0 radical (unpaired) electrons. The summed E-state index contributed by atoms with van der Waals surface area (Å²) in [5.74, 6) is 0.947. The molecule has 0 aliphatic rings. The quantitative estimate of drug-likeness (QED) is 0.536. The standard InChI is InChI=1S/C20H19N5O4/c1-24-20(28-2)14-6-5-13(12-16(14)22-24)19(27)21-9-10-25-18(26)8-7-15(23-25)17-4-3-11-29-17/h3-8,11-12H,9-10H2,1-2H3,(H,21,27). The van der Waals surface area contributed by atoms with Gasteiger partial charge in [-0.05, 0) is 36.4 Å². The summed E-state index contributed by atoms with van der Waals surface area (Å²) in [5.41, 5.74) is 1.44. The number of hydrogen-bond acceptors (Lipinski definition) is 6. The van der Waals surface area contributed by atoms with E-state index < -0.39 is 0 Å². The first-order valence-electron chi connectivity index (χ1n) is 8.98. The molecular weight excluding hydrogens is 374 g/mol. The van der Waals surface area contributed by atoms with E-state index in [4.69, 9.17) is 9.15 Å². The number of nitrogens with one attached hydrogen (secondary N) is 1. The minimum absolute atomic E-state index is 0.235. The van der Waals surface area contributed by atoms with Crippen molar-refractivity contribution in [1.82, 2.24) is 24.9 Å². The van der Waals surface area contributed by atoms with Crippen LogP contribution in [0.4, 0.5) is 0 Å². The fourth-order valence-corrected chi connectivity index (χ4v) is 3.10. The van der Waals surface area contributed by atoms with Gasteiger partial charge in [0.2, 0.25) is 5.88 Å². The molecule has 0 aliphatic carbocycles. The molecule has 0 unspecified atom stereocenters. The Kier molecular flexibility index (Phi) is 4.86. The molecule has 9 nitrogen and oxygen atoms in total. The van der Waals surface area contributed by atoms with E-state index in [-0.39, 0.29) is 24.6 Å². The highest BCUT2D eigenvalue weighted by Crippen LogP contribution is 2.25.